The Balaban J connectivity index is 1.53. The van der Waals surface area contributed by atoms with Crippen LogP contribution in [0.2, 0.25) is 0 Å². The molecule has 2 aromatic carbocycles. The molecule has 2 aromatic rings. The summed E-state index contributed by atoms with van der Waals surface area (Å²) in [6.45, 7) is 1.85. The van der Waals surface area contributed by atoms with E-state index in [1.807, 2.05) is 31.2 Å². The lowest BCUT2D eigenvalue weighted by Gasteiger charge is -2.22. The number of terminal acetylenes is 1. The first-order valence-corrected chi connectivity index (χ1v) is 11.0. The van der Waals surface area contributed by atoms with Gasteiger partial charge in [-0.3, -0.25) is 9.59 Å². The zero-order valence-electron chi connectivity index (χ0n) is 18.6. The molecule has 3 rings (SSSR count). The number of alkyl carbamates (subject to hydrolysis) is 1. The molecule has 0 aliphatic heterocycles. The lowest BCUT2D eigenvalue weighted by Crippen LogP contribution is -2.38. The Kier molecular flexibility index (Phi) is 8.09. The van der Waals surface area contributed by atoms with E-state index in [-0.39, 0.29) is 43.9 Å². The minimum absolute atomic E-state index is 0.0277. The first-order chi connectivity index (χ1) is 15.9. The molecule has 0 saturated carbocycles. The number of amides is 2. The van der Waals surface area contributed by atoms with Crippen LogP contribution in [0.4, 0.5) is 4.79 Å². The molecule has 0 aromatic heterocycles. The van der Waals surface area contributed by atoms with Gasteiger partial charge in [0.25, 0.3) is 0 Å². The Labute approximate surface area is 193 Å². The molecule has 7 heteroatoms. The normalized spacial score (nSPS) is 12.7. The SMILES string of the molecule is C#CCN(CC(=O)O)C(=O)CC(CC)CNC(=O)OCC1c2ccccc2-c2ccccc21. The molecule has 1 atom stereocenters. The van der Waals surface area contributed by atoms with Gasteiger partial charge >= 0.3 is 12.1 Å². The summed E-state index contributed by atoms with van der Waals surface area (Å²) in [5.74, 6) is 0.645. The molecule has 2 N–H and O–H groups in total. The number of rotatable bonds is 10. The number of hydrogen-bond acceptors (Lipinski definition) is 4. The smallest absolute Gasteiger partial charge is 0.407 e. The van der Waals surface area contributed by atoms with Crippen LogP contribution in [0.3, 0.4) is 0 Å². The number of aliphatic carboxylic acids is 1. The Hall–Kier alpha value is -3.79. The summed E-state index contributed by atoms with van der Waals surface area (Å²) < 4.78 is 5.53. The summed E-state index contributed by atoms with van der Waals surface area (Å²) in [5.41, 5.74) is 4.58. The molecular weight excluding hydrogens is 420 g/mol. The third-order valence-electron chi connectivity index (χ3n) is 5.88. The van der Waals surface area contributed by atoms with Crippen LogP contribution >= 0.6 is 0 Å². The standard InChI is InChI=1S/C26H28N2O5/c1-3-13-28(16-25(30)31)24(29)14-18(4-2)15-27-26(32)33-17-23-21-11-7-5-9-19(21)20-10-6-8-12-22(20)23/h1,5-12,18,23H,4,13-17H2,2H3,(H,27,32)(H,30,31). The zero-order chi connectivity index (χ0) is 23.8. The summed E-state index contributed by atoms with van der Waals surface area (Å²) in [4.78, 5) is 36.9. The number of carboxylic acids is 1. The third-order valence-corrected chi connectivity index (χ3v) is 5.88. The Morgan fingerprint density at radius 2 is 1.73 bits per heavy atom. The van der Waals surface area contributed by atoms with Gasteiger partial charge in [-0.1, -0.05) is 67.8 Å². The Morgan fingerprint density at radius 1 is 1.12 bits per heavy atom. The van der Waals surface area contributed by atoms with Crippen LogP contribution in [0.25, 0.3) is 11.1 Å². The van der Waals surface area contributed by atoms with Crippen LogP contribution in [0, 0.1) is 18.3 Å². The topological polar surface area (TPSA) is 95.9 Å². The molecule has 1 aliphatic carbocycles. The maximum atomic E-state index is 12.4. The minimum Gasteiger partial charge on any atom is -0.480 e. The zero-order valence-corrected chi connectivity index (χ0v) is 18.6. The van der Waals surface area contributed by atoms with Crippen LogP contribution < -0.4 is 5.32 Å². The number of benzene rings is 2. The van der Waals surface area contributed by atoms with Gasteiger partial charge in [0.15, 0.2) is 0 Å². The van der Waals surface area contributed by atoms with Gasteiger partial charge in [0.1, 0.15) is 13.2 Å². The van der Waals surface area contributed by atoms with Crippen LogP contribution in [0.15, 0.2) is 48.5 Å². The van der Waals surface area contributed by atoms with Crippen LogP contribution in [0.1, 0.15) is 36.8 Å². The maximum Gasteiger partial charge on any atom is 0.407 e. The van der Waals surface area contributed by atoms with Crippen molar-refractivity contribution in [1.29, 1.82) is 0 Å². The highest BCUT2D eigenvalue weighted by molar-refractivity contribution is 5.82. The molecule has 0 radical (unpaired) electrons. The first-order valence-electron chi connectivity index (χ1n) is 11.0. The average Bonchev–Trinajstić information content (AvgIpc) is 3.13. The molecule has 0 saturated heterocycles. The summed E-state index contributed by atoms with van der Waals surface area (Å²) in [6.07, 6.45) is 5.42. The molecular formula is C26H28N2O5. The molecule has 33 heavy (non-hydrogen) atoms. The van der Waals surface area contributed by atoms with Gasteiger partial charge in [-0.2, -0.15) is 0 Å². The highest BCUT2D eigenvalue weighted by Crippen LogP contribution is 2.44. The van der Waals surface area contributed by atoms with E-state index in [9.17, 15) is 14.4 Å². The lowest BCUT2D eigenvalue weighted by molar-refractivity contribution is -0.144. The van der Waals surface area contributed by atoms with Gasteiger partial charge in [-0.05, 0) is 28.2 Å². The van der Waals surface area contributed by atoms with Crippen molar-refractivity contribution in [2.75, 3.05) is 26.2 Å². The van der Waals surface area contributed by atoms with Gasteiger partial charge in [-0.25, -0.2) is 4.79 Å². The van der Waals surface area contributed by atoms with E-state index in [0.29, 0.717) is 6.42 Å². The highest BCUT2D eigenvalue weighted by atomic mass is 16.5. The second kappa shape index (κ2) is 11.2. The van der Waals surface area contributed by atoms with E-state index in [1.165, 1.54) is 0 Å². The predicted octanol–water partition coefficient (Wildman–Crippen LogP) is 3.49. The van der Waals surface area contributed by atoms with Crippen molar-refractivity contribution in [3.05, 3.63) is 59.7 Å². The number of carbonyl (C=O) groups excluding carboxylic acids is 2. The molecule has 2 amide bonds. The van der Waals surface area contributed by atoms with Crippen LogP contribution in [-0.4, -0.2) is 54.2 Å². The number of carbonyl (C=O) groups is 3. The summed E-state index contributed by atoms with van der Waals surface area (Å²) >= 11 is 0. The number of carboxylic acid groups (broad SMARTS) is 1. The second-order valence-electron chi connectivity index (χ2n) is 8.03. The average molecular weight is 449 g/mol. The molecule has 7 nitrogen and oxygen atoms in total. The molecule has 0 spiro atoms. The molecule has 0 bridgehead atoms. The van der Waals surface area contributed by atoms with E-state index in [1.54, 1.807) is 0 Å². The summed E-state index contributed by atoms with van der Waals surface area (Å²) in [5, 5.41) is 11.7. The van der Waals surface area contributed by atoms with Crippen molar-refractivity contribution in [1.82, 2.24) is 10.2 Å². The maximum absolute atomic E-state index is 12.4. The van der Waals surface area contributed by atoms with Crippen molar-refractivity contribution in [2.45, 2.75) is 25.7 Å². The monoisotopic (exact) mass is 448 g/mol. The number of hydrogen-bond donors (Lipinski definition) is 2. The fourth-order valence-electron chi connectivity index (χ4n) is 4.12. The van der Waals surface area contributed by atoms with Gasteiger partial charge < -0.3 is 20.1 Å². The van der Waals surface area contributed by atoms with Crippen molar-refractivity contribution in [2.24, 2.45) is 5.92 Å². The second-order valence-corrected chi connectivity index (χ2v) is 8.03. The predicted molar refractivity (Wildman–Crippen MR) is 125 cm³/mol. The van der Waals surface area contributed by atoms with E-state index in [0.717, 1.165) is 27.2 Å². The van der Waals surface area contributed by atoms with Crippen LogP contribution in [-0.2, 0) is 14.3 Å². The van der Waals surface area contributed by atoms with E-state index in [2.05, 4.69) is 35.5 Å². The molecule has 172 valence electrons. The molecule has 0 fully saturated rings. The highest BCUT2D eigenvalue weighted by Gasteiger charge is 2.29. The summed E-state index contributed by atoms with van der Waals surface area (Å²) in [7, 11) is 0. The lowest BCUT2D eigenvalue weighted by atomic mass is 9.98. The molecule has 0 heterocycles. The van der Waals surface area contributed by atoms with Gasteiger partial charge in [0.05, 0.1) is 6.54 Å². The quantitative estimate of drug-likeness (QED) is 0.543. The minimum atomic E-state index is -1.12. The van der Waals surface area contributed by atoms with Crippen molar-refractivity contribution in [3.63, 3.8) is 0 Å². The molecule has 1 unspecified atom stereocenters. The van der Waals surface area contributed by atoms with E-state index >= 15 is 0 Å². The van der Waals surface area contributed by atoms with Gasteiger partial charge in [-0.15, -0.1) is 6.42 Å². The fraction of sp³-hybridized carbons (Fsp3) is 0.346. The van der Waals surface area contributed by atoms with Gasteiger partial charge in [0, 0.05) is 18.9 Å². The molecule has 1 aliphatic rings. The van der Waals surface area contributed by atoms with E-state index in [4.69, 9.17) is 16.3 Å². The Morgan fingerprint density at radius 3 is 2.27 bits per heavy atom. The number of nitrogens with zero attached hydrogens (tertiary/aromatic N) is 1. The first kappa shape index (κ1) is 23.9. The third kappa shape index (κ3) is 5.92. The summed E-state index contributed by atoms with van der Waals surface area (Å²) in [6, 6.07) is 16.2. The van der Waals surface area contributed by atoms with Crippen molar-refractivity contribution in [3.8, 4) is 23.5 Å². The van der Waals surface area contributed by atoms with Crippen LogP contribution in [0.5, 0.6) is 0 Å². The Bertz CT molecular complexity index is 1010. The van der Waals surface area contributed by atoms with E-state index < -0.39 is 18.6 Å². The number of ether oxygens (including phenoxy) is 1. The van der Waals surface area contributed by atoms with Crippen molar-refractivity contribution < 1.29 is 24.2 Å². The fourth-order valence-corrected chi connectivity index (χ4v) is 4.12. The number of fused-ring (bicyclic) bond motifs is 3. The van der Waals surface area contributed by atoms with Gasteiger partial charge in [0.2, 0.25) is 5.91 Å². The number of nitrogens with one attached hydrogen (secondary N) is 1. The largest absolute Gasteiger partial charge is 0.480 e. The van der Waals surface area contributed by atoms with Crippen molar-refractivity contribution >= 4 is 18.0 Å².